The van der Waals surface area contributed by atoms with Crippen LogP contribution >= 0.6 is 0 Å². The molecule has 0 saturated carbocycles. The number of para-hydroxylation sites is 1. The SMILES string of the molecule is COc1ccc(/C(N=Nc2ccccc2C)=N\NC(=O)c2ccc(N3C(=O)/C(=C/c4c(-c5ccccc5)[nH]c5ccccc45)N=C3C)cc2)cc1OC. The van der Waals surface area contributed by atoms with E-state index in [1.54, 1.807) is 56.5 Å². The van der Waals surface area contributed by atoms with Crippen LogP contribution in [0.15, 0.2) is 147 Å². The maximum absolute atomic E-state index is 13.8. The van der Waals surface area contributed by atoms with Crippen molar-refractivity contribution in [3.8, 4) is 22.8 Å². The number of anilines is 1. The van der Waals surface area contributed by atoms with Gasteiger partial charge in [-0.25, -0.2) is 10.4 Å². The van der Waals surface area contributed by atoms with Gasteiger partial charge in [0, 0.05) is 27.6 Å². The van der Waals surface area contributed by atoms with Crippen molar-refractivity contribution in [1.82, 2.24) is 10.4 Å². The van der Waals surface area contributed by atoms with E-state index in [0.717, 1.165) is 33.3 Å². The molecule has 7 rings (SSSR count). The Labute approximate surface area is 306 Å². The average molecular weight is 702 g/mol. The zero-order chi connectivity index (χ0) is 36.9. The summed E-state index contributed by atoms with van der Waals surface area (Å²) in [6.45, 7) is 3.71. The molecule has 0 fully saturated rings. The van der Waals surface area contributed by atoms with Crippen LogP contribution in [0, 0.1) is 6.92 Å². The van der Waals surface area contributed by atoms with Crippen LogP contribution in [0.4, 0.5) is 11.4 Å². The fraction of sp³-hybridized carbons (Fsp3) is 0.0952. The van der Waals surface area contributed by atoms with E-state index in [1.807, 2.05) is 91.9 Å². The van der Waals surface area contributed by atoms with Gasteiger partial charge >= 0.3 is 0 Å². The molecule has 0 radical (unpaired) electrons. The van der Waals surface area contributed by atoms with Gasteiger partial charge in [0.1, 0.15) is 11.5 Å². The van der Waals surface area contributed by atoms with Gasteiger partial charge in [-0.2, -0.15) is 0 Å². The molecule has 1 aromatic heterocycles. The number of aliphatic imine (C=N–C) groups is 1. The van der Waals surface area contributed by atoms with Gasteiger partial charge in [0.25, 0.3) is 11.8 Å². The monoisotopic (exact) mass is 701 g/mol. The number of fused-ring (bicyclic) bond motifs is 1. The number of hydrogen-bond donors (Lipinski definition) is 2. The van der Waals surface area contributed by atoms with Crippen molar-refractivity contribution >= 4 is 51.8 Å². The van der Waals surface area contributed by atoms with Gasteiger partial charge in [-0.05, 0) is 85.6 Å². The Balaban J connectivity index is 1.13. The smallest absolute Gasteiger partial charge is 0.282 e. The number of aromatic nitrogens is 1. The summed E-state index contributed by atoms with van der Waals surface area (Å²) in [6.07, 6.45) is 1.83. The molecule has 53 heavy (non-hydrogen) atoms. The lowest BCUT2D eigenvalue weighted by Crippen LogP contribution is -2.30. The second kappa shape index (κ2) is 15.0. The topological polar surface area (TPSA) is 133 Å². The van der Waals surface area contributed by atoms with Crippen LogP contribution in [0.3, 0.4) is 0 Å². The quantitative estimate of drug-likeness (QED) is 0.0512. The summed E-state index contributed by atoms with van der Waals surface area (Å²) in [5.74, 6) is 0.919. The number of methoxy groups -OCH3 is 2. The molecule has 2 amide bonds. The normalized spacial score (nSPS) is 13.9. The van der Waals surface area contributed by atoms with E-state index in [4.69, 9.17) is 9.47 Å². The van der Waals surface area contributed by atoms with Crippen molar-refractivity contribution in [2.24, 2.45) is 20.3 Å². The summed E-state index contributed by atoms with van der Waals surface area (Å²) in [5, 5.41) is 14.1. The molecule has 2 heterocycles. The second-order valence-corrected chi connectivity index (χ2v) is 12.1. The number of aryl methyl sites for hydroxylation is 1. The molecule has 1 aliphatic heterocycles. The Morgan fingerprint density at radius 1 is 0.811 bits per heavy atom. The number of ether oxygens (including phenoxy) is 2. The predicted octanol–water partition coefficient (Wildman–Crippen LogP) is 8.84. The highest BCUT2D eigenvalue weighted by Crippen LogP contribution is 2.34. The molecule has 0 aliphatic carbocycles. The third-order valence-corrected chi connectivity index (χ3v) is 8.78. The third-order valence-electron chi connectivity index (χ3n) is 8.78. The Bertz CT molecular complexity index is 2460. The largest absolute Gasteiger partial charge is 0.493 e. The van der Waals surface area contributed by atoms with E-state index < -0.39 is 5.91 Å². The Hall–Kier alpha value is -7.14. The van der Waals surface area contributed by atoms with Gasteiger partial charge in [0.2, 0.25) is 5.84 Å². The number of nitrogens with zero attached hydrogens (tertiary/aromatic N) is 5. The zero-order valence-electron chi connectivity index (χ0n) is 29.5. The molecular weight excluding hydrogens is 667 g/mol. The zero-order valence-corrected chi connectivity index (χ0v) is 29.5. The highest BCUT2D eigenvalue weighted by molar-refractivity contribution is 6.28. The molecular formula is C42H35N7O4. The minimum Gasteiger partial charge on any atom is -0.493 e. The fourth-order valence-corrected chi connectivity index (χ4v) is 6.04. The van der Waals surface area contributed by atoms with Gasteiger partial charge in [0.15, 0.2) is 11.5 Å². The van der Waals surface area contributed by atoms with Gasteiger partial charge in [-0.3, -0.25) is 14.5 Å². The van der Waals surface area contributed by atoms with Crippen LogP contribution in [0.25, 0.3) is 28.2 Å². The second-order valence-electron chi connectivity index (χ2n) is 12.1. The number of H-pyrrole nitrogens is 1. The highest BCUT2D eigenvalue weighted by Gasteiger charge is 2.30. The van der Waals surface area contributed by atoms with Gasteiger partial charge < -0.3 is 14.5 Å². The first-order valence-corrected chi connectivity index (χ1v) is 16.8. The van der Waals surface area contributed by atoms with Crippen LogP contribution in [0.2, 0.25) is 0 Å². The third kappa shape index (κ3) is 7.08. The first-order chi connectivity index (χ1) is 25.8. The van der Waals surface area contributed by atoms with Crippen molar-refractivity contribution in [2.45, 2.75) is 13.8 Å². The molecule has 5 aromatic carbocycles. The molecule has 0 unspecified atom stereocenters. The summed E-state index contributed by atoms with van der Waals surface area (Å²) in [5.41, 5.74) is 9.68. The molecule has 0 saturated heterocycles. The van der Waals surface area contributed by atoms with E-state index >= 15 is 0 Å². The fourth-order valence-electron chi connectivity index (χ4n) is 6.04. The summed E-state index contributed by atoms with van der Waals surface area (Å²) >= 11 is 0. The van der Waals surface area contributed by atoms with Crippen LogP contribution in [-0.4, -0.2) is 42.7 Å². The van der Waals surface area contributed by atoms with Crippen molar-refractivity contribution in [1.29, 1.82) is 0 Å². The molecule has 11 nitrogen and oxygen atoms in total. The maximum Gasteiger partial charge on any atom is 0.282 e. The van der Waals surface area contributed by atoms with Gasteiger partial charge in [0.05, 0.1) is 31.3 Å². The number of rotatable bonds is 9. The molecule has 262 valence electrons. The number of hydrazone groups is 1. The molecule has 1 aliphatic rings. The van der Waals surface area contributed by atoms with Crippen molar-refractivity contribution in [3.63, 3.8) is 0 Å². The molecule has 0 spiro atoms. The van der Waals surface area contributed by atoms with Crippen LogP contribution in [0.1, 0.15) is 34.0 Å². The van der Waals surface area contributed by atoms with Crippen LogP contribution < -0.4 is 19.8 Å². The average Bonchev–Trinajstić information content (AvgIpc) is 3.70. The van der Waals surface area contributed by atoms with E-state index in [-0.39, 0.29) is 11.7 Å². The lowest BCUT2D eigenvalue weighted by Gasteiger charge is -2.16. The number of carbonyl (C=O) groups is 2. The summed E-state index contributed by atoms with van der Waals surface area (Å²) in [6, 6.07) is 37.3. The first kappa shape index (κ1) is 34.3. The lowest BCUT2D eigenvalue weighted by atomic mass is 10.0. The number of hydrogen-bond acceptors (Lipinski definition) is 7. The summed E-state index contributed by atoms with van der Waals surface area (Å²) in [4.78, 5) is 36.8. The Morgan fingerprint density at radius 2 is 1.51 bits per heavy atom. The summed E-state index contributed by atoms with van der Waals surface area (Å²) in [7, 11) is 3.08. The number of amidine groups is 2. The van der Waals surface area contributed by atoms with Crippen LogP contribution in [0.5, 0.6) is 11.5 Å². The molecule has 6 aromatic rings. The molecule has 2 N–H and O–H groups in total. The van der Waals surface area contributed by atoms with Crippen molar-refractivity contribution < 1.29 is 19.1 Å². The Morgan fingerprint density at radius 3 is 2.26 bits per heavy atom. The first-order valence-electron chi connectivity index (χ1n) is 16.8. The number of nitrogens with one attached hydrogen (secondary N) is 2. The molecule has 11 heteroatoms. The highest BCUT2D eigenvalue weighted by atomic mass is 16.5. The van der Waals surface area contributed by atoms with Crippen molar-refractivity contribution in [3.05, 3.63) is 149 Å². The molecule has 0 atom stereocenters. The van der Waals surface area contributed by atoms with E-state index in [9.17, 15) is 9.59 Å². The lowest BCUT2D eigenvalue weighted by molar-refractivity contribution is -0.113. The van der Waals surface area contributed by atoms with E-state index in [1.165, 1.54) is 12.0 Å². The number of carbonyl (C=O) groups excluding carboxylic acids is 2. The predicted molar refractivity (Wildman–Crippen MR) is 208 cm³/mol. The standard InChI is InChI=1S/C42H35N7O4/c1-26-12-8-10-16-34(26)45-46-40(30-20-23-37(52-3)38(24-30)53-4)47-48-41(50)29-18-21-31(22-19-29)49-27(2)43-36(42(49)51)25-33-32-15-9-11-17-35(32)44-39(33)28-13-6-5-7-14-28/h5-25,44H,1-4H3,(H,48,50)/b36-25-,46-45?,47-40+. The number of benzene rings is 5. The van der Waals surface area contributed by atoms with E-state index in [2.05, 4.69) is 30.7 Å². The minimum atomic E-state index is -0.480. The van der Waals surface area contributed by atoms with Crippen molar-refractivity contribution in [2.75, 3.05) is 19.1 Å². The number of azo groups is 1. The van der Waals surface area contributed by atoms with Gasteiger partial charge in [-0.15, -0.1) is 15.3 Å². The van der Waals surface area contributed by atoms with Crippen LogP contribution in [-0.2, 0) is 4.79 Å². The van der Waals surface area contributed by atoms with Gasteiger partial charge in [-0.1, -0.05) is 66.7 Å². The maximum atomic E-state index is 13.8. The molecule has 0 bridgehead atoms. The van der Waals surface area contributed by atoms with E-state index in [0.29, 0.717) is 45.5 Å². The summed E-state index contributed by atoms with van der Waals surface area (Å²) < 4.78 is 10.8. The Kier molecular flexibility index (Phi) is 9.71. The number of amides is 2. The minimum absolute atomic E-state index is 0.151. The number of aromatic amines is 1.